The normalized spacial score (nSPS) is 11.4. The second kappa shape index (κ2) is 4.52. The minimum absolute atomic E-state index is 0.311. The Labute approximate surface area is 77.9 Å². The van der Waals surface area contributed by atoms with Gasteiger partial charge in [0.1, 0.15) is 5.76 Å². The van der Waals surface area contributed by atoms with Crippen LogP contribution in [0.15, 0.2) is 30.3 Å². The molecule has 1 aromatic rings. The molecule has 0 saturated carbocycles. The van der Waals surface area contributed by atoms with Crippen molar-refractivity contribution >= 4 is 11.4 Å². The first-order valence-electron chi connectivity index (χ1n) is 4.24. The van der Waals surface area contributed by atoms with E-state index >= 15 is 0 Å². The van der Waals surface area contributed by atoms with Crippen molar-refractivity contribution < 1.29 is 5.11 Å². The molecule has 1 rings (SSSR count). The molecule has 0 aromatic heterocycles. The van der Waals surface area contributed by atoms with Crippen LogP contribution in [0.2, 0.25) is 0 Å². The van der Waals surface area contributed by atoms with Crippen molar-refractivity contribution in [1.29, 1.82) is 0 Å². The molecule has 13 heavy (non-hydrogen) atoms. The van der Waals surface area contributed by atoms with Gasteiger partial charge in [-0.05, 0) is 36.8 Å². The summed E-state index contributed by atoms with van der Waals surface area (Å²) in [6.45, 7) is 1.98. The van der Waals surface area contributed by atoms with Crippen LogP contribution in [-0.4, -0.2) is 5.11 Å². The standard InChI is InChI=1S/C10H14N2O/c1-2-3-10(13)8-4-6-9(12-11)7-5-8/h3-7,12-13H,2,11H2,1H3/b10-3+. The summed E-state index contributed by atoms with van der Waals surface area (Å²) in [6, 6.07) is 7.26. The fourth-order valence-corrected chi connectivity index (χ4v) is 1.05. The van der Waals surface area contributed by atoms with Crippen LogP contribution in [0.25, 0.3) is 5.76 Å². The van der Waals surface area contributed by atoms with Crippen molar-refractivity contribution in [2.75, 3.05) is 5.43 Å². The minimum Gasteiger partial charge on any atom is -0.508 e. The van der Waals surface area contributed by atoms with E-state index in [1.165, 1.54) is 0 Å². The summed E-state index contributed by atoms with van der Waals surface area (Å²) in [4.78, 5) is 0. The van der Waals surface area contributed by atoms with Gasteiger partial charge in [-0.3, -0.25) is 5.84 Å². The van der Waals surface area contributed by atoms with Gasteiger partial charge in [-0.25, -0.2) is 0 Å². The molecule has 0 unspecified atom stereocenters. The maximum Gasteiger partial charge on any atom is 0.118 e. The first-order chi connectivity index (χ1) is 6.27. The zero-order valence-electron chi connectivity index (χ0n) is 7.62. The second-order valence-corrected chi connectivity index (χ2v) is 2.72. The number of anilines is 1. The molecule has 70 valence electrons. The number of hydrazine groups is 1. The van der Waals surface area contributed by atoms with E-state index in [1.807, 2.05) is 31.2 Å². The highest BCUT2D eigenvalue weighted by molar-refractivity contribution is 5.60. The van der Waals surface area contributed by atoms with Gasteiger partial charge in [0, 0.05) is 11.3 Å². The molecule has 3 heteroatoms. The number of aliphatic hydroxyl groups excluding tert-OH is 1. The van der Waals surface area contributed by atoms with E-state index in [-0.39, 0.29) is 0 Å². The van der Waals surface area contributed by atoms with Crippen molar-refractivity contribution in [2.24, 2.45) is 5.84 Å². The molecule has 4 N–H and O–H groups in total. The summed E-state index contributed by atoms with van der Waals surface area (Å²) in [7, 11) is 0. The highest BCUT2D eigenvalue weighted by Gasteiger charge is 1.96. The highest BCUT2D eigenvalue weighted by atomic mass is 16.3. The summed E-state index contributed by atoms with van der Waals surface area (Å²) < 4.78 is 0. The molecule has 0 aliphatic heterocycles. The van der Waals surface area contributed by atoms with Crippen LogP contribution in [0.4, 0.5) is 5.69 Å². The van der Waals surface area contributed by atoms with Gasteiger partial charge < -0.3 is 10.5 Å². The second-order valence-electron chi connectivity index (χ2n) is 2.72. The van der Waals surface area contributed by atoms with Crippen LogP contribution < -0.4 is 11.3 Å². The Morgan fingerprint density at radius 2 is 2.08 bits per heavy atom. The maximum absolute atomic E-state index is 9.49. The largest absolute Gasteiger partial charge is 0.508 e. The monoisotopic (exact) mass is 178 g/mol. The Bertz CT molecular complexity index is 290. The number of hydrogen-bond acceptors (Lipinski definition) is 3. The van der Waals surface area contributed by atoms with Gasteiger partial charge in [-0.2, -0.15) is 0 Å². The smallest absolute Gasteiger partial charge is 0.118 e. The first kappa shape index (κ1) is 9.61. The number of nitrogens with one attached hydrogen (secondary N) is 1. The fraction of sp³-hybridized carbons (Fsp3) is 0.200. The Morgan fingerprint density at radius 3 is 2.54 bits per heavy atom. The number of benzene rings is 1. The van der Waals surface area contributed by atoms with Crippen LogP contribution in [-0.2, 0) is 0 Å². The number of nitrogens with two attached hydrogens (primary N) is 1. The number of allylic oxidation sites excluding steroid dienone is 1. The van der Waals surface area contributed by atoms with Crippen LogP contribution in [0.5, 0.6) is 0 Å². The first-order valence-corrected chi connectivity index (χ1v) is 4.24. The molecule has 0 atom stereocenters. The van der Waals surface area contributed by atoms with E-state index < -0.39 is 0 Å². The Balaban J connectivity index is 2.85. The van der Waals surface area contributed by atoms with E-state index in [4.69, 9.17) is 5.84 Å². The highest BCUT2D eigenvalue weighted by Crippen LogP contribution is 2.14. The van der Waals surface area contributed by atoms with E-state index in [0.717, 1.165) is 17.7 Å². The van der Waals surface area contributed by atoms with Crippen LogP contribution in [0.1, 0.15) is 18.9 Å². The predicted octanol–water partition coefficient (Wildman–Crippen LogP) is 2.28. The molecular formula is C10H14N2O. The number of hydrogen-bond donors (Lipinski definition) is 3. The lowest BCUT2D eigenvalue weighted by atomic mass is 10.1. The van der Waals surface area contributed by atoms with Gasteiger partial charge in [0.05, 0.1) is 0 Å². The molecular weight excluding hydrogens is 164 g/mol. The molecule has 0 saturated heterocycles. The molecule has 0 amide bonds. The Kier molecular flexibility index (Phi) is 3.34. The number of aliphatic hydroxyl groups is 1. The zero-order chi connectivity index (χ0) is 9.68. The topological polar surface area (TPSA) is 58.3 Å². The lowest BCUT2D eigenvalue weighted by Gasteiger charge is -2.02. The molecule has 0 heterocycles. The summed E-state index contributed by atoms with van der Waals surface area (Å²) in [5, 5.41) is 9.49. The van der Waals surface area contributed by atoms with E-state index in [1.54, 1.807) is 6.08 Å². The predicted molar refractivity (Wildman–Crippen MR) is 55.1 cm³/mol. The van der Waals surface area contributed by atoms with Crippen molar-refractivity contribution in [3.05, 3.63) is 35.9 Å². The van der Waals surface area contributed by atoms with Crippen molar-refractivity contribution in [1.82, 2.24) is 0 Å². The van der Waals surface area contributed by atoms with Crippen molar-refractivity contribution in [3.8, 4) is 0 Å². The summed E-state index contributed by atoms with van der Waals surface area (Å²) in [5.41, 5.74) is 4.16. The molecule has 0 spiro atoms. The van der Waals surface area contributed by atoms with E-state index in [0.29, 0.717) is 5.76 Å². The summed E-state index contributed by atoms with van der Waals surface area (Å²) in [5.74, 6) is 5.52. The van der Waals surface area contributed by atoms with Crippen LogP contribution >= 0.6 is 0 Å². The van der Waals surface area contributed by atoms with E-state index in [2.05, 4.69) is 5.43 Å². The molecule has 0 radical (unpaired) electrons. The van der Waals surface area contributed by atoms with Gasteiger partial charge in [-0.1, -0.05) is 6.92 Å². The van der Waals surface area contributed by atoms with Gasteiger partial charge >= 0.3 is 0 Å². The third-order valence-electron chi connectivity index (χ3n) is 1.74. The molecule has 0 aliphatic carbocycles. The summed E-state index contributed by atoms with van der Waals surface area (Å²) >= 11 is 0. The molecule has 1 aromatic carbocycles. The van der Waals surface area contributed by atoms with Gasteiger partial charge in [0.15, 0.2) is 0 Å². The lowest BCUT2D eigenvalue weighted by Crippen LogP contribution is -2.06. The molecule has 0 aliphatic rings. The fourth-order valence-electron chi connectivity index (χ4n) is 1.05. The lowest BCUT2D eigenvalue weighted by molar-refractivity contribution is 0.509. The van der Waals surface area contributed by atoms with E-state index in [9.17, 15) is 5.11 Å². The molecule has 0 bridgehead atoms. The number of rotatable bonds is 3. The minimum atomic E-state index is 0.311. The SMILES string of the molecule is CC/C=C(/O)c1ccc(NN)cc1. The molecule has 3 nitrogen and oxygen atoms in total. The average molecular weight is 178 g/mol. The number of nitrogen functional groups attached to an aromatic ring is 1. The third-order valence-corrected chi connectivity index (χ3v) is 1.74. The Hall–Kier alpha value is -1.48. The van der Waals surface area contributed by atoms with Gasteiger partial charge in [0.2, 0.25) is 0 Å². The Morgan fingerprint density at radius 1 is 1.46 bits per heavy atom. The molecule has 0 fully saturated rings. The zero-order valence-corrected chi connectivity index (χ0v) is 7.62. The van der Waals surface area contributed by atoms with Crippen molar-refractivity contribution in [2.45, 2.75) is 13.3 Å². The summed E-state index contributed by atoms with van der Waals surface area (Å²) in [6.07, 6.45) is 2.59. The van der Waals surface area contributed by atoms with Gasteiger partial charge in [-0.15, -0.1) is 0 Å². The third kappa shape index (κ3) is 2.49. The van der Waals surface area contributed by atoms with Crippen LogP contribution in [0.3, 0.4) is 0 Å². The maximum atomic E-state index is 9.49. The quantitative estimate of drug-likeness (QED) is 0.378. The van der Waals surface area contributed by atoms with Crippen LogP contribution in [0, 0.1) is 0 Å². The van der Waals surface area contributed by atoms with Crippen molar-refractivity contribution in [3.63, 3.8) is 0 Å². The van der Waals surface area contributed by atoms with Gasteiger partial charge in [0.25, 0.3) is 0 Å². The average Bonchev–Trinajstić information content (AvgIpc) is 2.18.